The minimum Gasteiger partial charge on any atom is -0.368 e. The number of piperidine rings is 1. The molecule has 1 aromatic rings. The van der Waals surface area contributed by atoms with Crippen molar-refractivity contribution < 1.29 is 0 Å². The minimum absolute atomic E-state index is 0.645. The Morgan fingerprint density at radius 2 is 2.05 bits per heavy atom. The van der Waals surface area contributed by atoms with Crippen molar-refractivity contribution in [3.05, 3.63) is 28.2 Å². The van der Waals surface area contributed by atoms with Gasteiger partial charge in [0.25, 0.3) is 0 Å². The second-order valence-corrected chi connectivity index (χ2v) is 7.90. The molecule has 2 rings (SSSR count). The van der Waals surface area contributed by atoms with Gasteiger partial charge in [-0.05, 0) is 61.9 Å². The summed E-state index contributed by atoms with van der Waals surface area (Å²) in [4.78, 5) is 2.60. The van der Waals surface area contributed by atoms with E-state index in [4.69, 9.17) is 0 Å². The van der Waals surface area contributed by atoms with Crippen LogP contribution in [-0.2, 0) is 6.54 Å². The molecule has 1 fully saturated rings. The zero-order chi connectivity index (χ0) is 15.4. The zero-order valence-corrected chi connectivity index (χ0v) is 15.4. The van der Waals surface area contributed by atoms with Gasteiger partial charge in [-0.25, -0.2) is 0 Å². The molecule has 0 radical (unpaired) electrons. The molecule has 2 unspecified atom stereocenters. The second-order valence-electron chi connectivity index (χ2n) is 6.98. The van der Waals surface area contributed by atoms with Gasteiger partial charge in [0.15, 0.2) is 0 Å². The van der Waals surface area contributed by atoms with Crippen LogP contribution in [0.5, 0.6) is 0 Å². The molecule has 118 valence electrons. The van der Waals surface area contributed by atoms with Gasteiger partial charge in [0.1, 0.15) is 0 Å². The summed E-state index contributed by atoms with van der Waals surface area (Å²) in [5, 5.41) is 3.59. The first kappa shape index (κ1) is 16.8. The number of benzene rings is 1. The fourth-order valence-corrected chi connectivity index (χ4v) is 3.50. The fourth-order valence-electron chi connectivity index (χ4n) is 3.10. The van der Waals surface area contributed by atoms with E-state index in [1.807, 2.05) is 0 Å². The highest BCUT2D eigenvalue weighted by Gasteiger charge is 2.24. The molecule has 1 aliphatic heterocycles. The van der Waals surface area contributed by atoms with Gasteiger partial charge in [0.05, 0.1) is 0 Å². The Bertz CT molecular complexity index is 459. The SMILES string of the molecule is CC(C)CNCc1cc(Br)ccc1N1CC(C)CCC1C. The number of hydrogen-bond donors (Lipinski definition) is 1. The van der Waals surface area contributed by atoms with Gasteiger partial charge in [-0.2, -0.15) is 0 Å². The van der Waals surface area contributed by atoms with Crippen LogP contribution >= 0.6 is 15.9 Å². The van der Waals surface area contributed by atoms with E-state index in [1.54, 1.807) is 0 Å². The van der Waals surface area contributed by atoms with Gasteiger partial charge in [0.2, 0.25) is 0 Å². The van der Waals surface area contributed by atoms with Crippen molar-refractivity contribution in [1.29, 1.82) is 0 Å². The summed E-state index contributed by atoms with van der Waals surface area (Å²) in [7, 11) is 0. The molecule has 1 aliphatic rings. The Hall–Kier alpha value is -0.540. The molecule has 1 heterocycles. The van der Waals surface area contributed by atoms with E-state index >= 15 is 0 Å². The zero-order valence-electron chi connectivity index (χ0n) is 13.8. The normalized spacial score (nSPS) is 22.9. The standard InChI is InChI=1S/C18H29BrN2/c1-13(2)10-20-11-16-9-17(19)7-8-18(16)21-12-14(3)5-6-15(21)4/h7-9,13-15,20H,5-6,10-12H2,1-4H3. The molecule has 0 spiro atoms. The lowest BCUT2D eigenvalue weighted by atomic mass is 9.93. The Kier molecular flexibility index (Phi) is 6.12. The van der Waals surface area contributed by atoms with Crippen LogP contribution in [0.4, 0.5) is 5.69 Å². The number of halogens is 1. The average Bonchev–Trinajstić information content (AvgIpc) is 2.42. The van der Waals surface area contributed by atoms with Crippen LogP contribution in [0.15, 0.2) is 22.7 Å². The van der Waals surface area contributed by atoms with E-state index in [0.29, 0.717) is 12.0 Å². The lowest BCUT2D eigenvalue weighted by Crippen LogP contribution is -2.41. The molecule has 2 nitrogen and oxygen atoms in total. The maximum atomic E-state index is 3.62. The van der Waals surface area contributed by atoms with E-state index in [-0.39, 0.29) is 0 Å². The fraction of sp³-hybridized carbons (Fsp3) is 0.667. The molecule has 21 heavy (non-hydrogen) atoms. The summed E-state index contributed by atoms with van der Waals surface area (Å²) < 4.78 is 1.17. The lowest BCUT2D eigenvalue weighted by molar-refractivity contribution is 0.389. The predicted octanol–water partition coefficient (Wildman–Crippen LogP) is 4.82. The topological polar surface area (TPSA) is 15.3 Å². The van der Waals surface area contributed by atoms with Gasteiger partial charge < -0.3 is 10.2 Å². The second kappa shape index (κ2) is 7.64. The minimum atomic E-state index is 0.645. The third kappa shape index (κ3) is 4.72. The molecular formula is C18H29BrN2. The molecule has 0 amide bonds. The molecule has 0 aromatic heterocycles. The first-order valence-electron chi connectivity index (χ1n) is 8.23. The smallest absolute Gasteiger partial charge is 0.0415 e. The Labute approximate surface area is 138 Å². The monoisotopic (exact) mass is 352 g/mol. The Morgan fingerprint density at radius 1 is 1.29 bits per heavy atom. The van der Waals surface area contributed by atoms with Crippen LogP contribution < -0.4 is 10.2 Å². The Balaban J connectivity index is 2.17. The van der Waals surface area contributed by atoms with Gasteiger partial charge in [-0.15, -0.1) is 0 Å². The Morgan fingerprint density at radius 3 is 2.76 bits per heavy atom. The van der Waals surface area contributed by atoms with Gasteiger partial charge in [-0.3, -0.25) is 0 Å². The molecule has 2 atom stereocenters. The molecule has 0 aliphatic carbocycles. The van der Waals surface area contributed by atoms with E-state index in [1.165, 1.54) is 35.1 Å². The highest BCUT2D eigenvalue weighted by atomic mass is 79.9. The summed E-state index contributed by atoms with van der Waals surface area (Å²) in [6.45, 7) is 12.4. The molecule has 1 N–H and O–H groups in total. The largest absolute Gasteiger partial charge is 0.368 e. The maximum absolute atomic E-state index is 3.62. The summed E-state index contributed by atoms with van der Waals surface area (Å²) in [6.07, 6.45) is 2.66. The number of nitrogens with zero attached hydrogens (tertiary/aromatic N) is 1. The van der Waals surface area contributed by atoms with Crippen LogP contribution in [-0.4, -0.2) is 19.1 Å². The summed E-state index contributed by atoms with van der Waals surface area (Å²) >= 11 is 3.62. The molecule has 1 aromatic carbocycles. The van der Waals surface area contributed by atoms with E-state index in [9.17, 15) is 0 Å². The third-order valence-corrected chi connectivity index (χ3v) is 4.83. The van der Waals surface area contributed by atoms with Crippen molar-refractivity contribution in [2.75, 3.05) is 18.0 Å². The van der Waals surface area contributed by atoms with E-state index in [0.717, 1.165) is 19.0 Å². The van der Waals surface area contributed by atoms with Crippen molar-refractivity contribution in [1.82, 2.24) is 5.32 Å². The van der Waals surface area contributed by atoms with Crippen molar-refractivity contribution >= 4 is 21.6 Å². The summed E-state index contributed by atoms with van der Waals surface area (Å²) in [5.74, 6) is 1.48. The van der Waals surface area contributed by atoms with Gasteiger partial charge in [-0.1, -0.05) is 36.7 Å². The van der Waals surface area contributed by atoms with E-state index < -0.39 is 0 Å². The predicted molar refractivity (Wildman–Crippen MR) is 95.9 cm³/mol. The van der Waals surface area contributed by atoms with Crippen molar-refractivity contribution in [3.63, 3.8) is 0 Å². The van der Waals surface area contributed by atoms with Crippen LogP contribution in [0.1, 0.15) is 46.1 Å². The van der Waals surface area contributed by atoms with Gasteiger partial charge >= 0.3 is 0 Å². The highest BCUT2D eigenvalue weighted by Crippen LogP contribution is 2.31. The molecule has 3 heteroatoms. The summed E-state index contributed by atoms with van der Waals surface area (Å²) in [5.41, 5.74) is 2.82. The number of nitrogens with one attached hydrogen (secondary N) is 1. The van der Waals surface area contributed by atoms with Crippen LogP contribution in [0.25, 0.3) is 0 Å². The molecule has 0 bridgehead atoms. The lowest BCUT2D eigenvalue weighted by Gasteiger charge is -2.39. The number of hydrogen-bond acceptors (Lipinski definition) is 2. The number of rotatable bonds is 5. The van der Waals surface area contributed by atoms with Gasteiger partial charge in [0, 0.05) is 29.3 Å². The first-order chi connectivity index (χ1) is 9.97. The first-order valence-corrected chi connectivity index (χ1v) is 9.02. The van der Waals surface area contributed by atoms with Crippen molar-refractivity contribution in [3.8, 4) is 0 Å². The molecule has 0 saturated carbocycles. The summed E-state index contributed by atoms with van der Waals surface area (Å²) in [6, 6.07) is 7.37. The van der Waals surface area contributed by atoms with E-state index in [2.05, 4.69) is 72.0 Å². The molecular weight excluding hydrogens is 324 g/mol. The average molecular weight is 353 g/mol. The van der Waals surface area contributed by atoms with Crippen LogP contribution in [0, 0.1) is 11.8 Å². The maximum Gasteiger partial charge on any atom is 0.0415 e. The molecule has 1 saturated heterocycles. The van der Waals surface area contributed by atoms with Crippen LogP contribution in [0.3, 0.4) is 0 Å². The van der Waals surface area contributed by atoms with Crippen molar-refractivity contribution in [2.24, 2.45) is 11.8 Å². The van der Waals surface area contributed by atoms with Crippen molar-refractivity contribution in [2.45, 2.75) is 53.1 Å². The number of anilines is 1. The quantitative estimate of drug-likeness (QED) is 0.816. The van der Waals surface area contributed by atoms with Crippen LogP contribution in [0.2, 0.25) is 0 Å². The highest BCUT2D eigenvalue weighted by molar-refractivity contribution is 9.10. The third-order valence-electron chi connectivity index (χ3n) is 4.34.